The van der Waals surface area contributed by atoms with Crippen molar-refractivity contribution in [3.8, 4) is 6.07 Å². The van der Waals surface area contributed by atoms with E-state index in [-0.39, 0.29) is 5.54 Å². The average Bonchev–Trinajstić information content (AvgIpc) is 2.29. The summed E-state index contributed by atoms with van der Waals surface area (Å²) in [7, 11) is 4.20. The van der Waals surface area contributed by atoms with Crippen molar-refractivity contribution in [1.29, 1.82) is 5.26 Å². The Morgan fingerprint density at radius 3 is 2.78 bits per heavy atom. The minimum atomic E-state index is 0.202. The molecular weight excluding hydrogens is 248 g/mol. The summed E-state index contributed by atoms with van der Waals surface area (Å²) < 4.78 is 0. The fourth-order valence-corrected chi connectivity index (χ4v) is 2.49. The van der Waals surface area contributed by atoms with E-state index in [9.17, 15) is 0 Å². The number of likely N-dealkylation sites (N-methyl/N-ethyl adjacent to an activating group) is 1. The standard InChI is InChI=1S/C13H17ClN4/c1-18(2)13(5-3-6-13)9-17-12-11(14)10(8-15)4-7-16-12/h4,7H,3,5-6,9H2,1-2H3,(H,16,17). The van der Waals surface area contributed by atoms with Crippen LogP contribution in [0.25, 0.3) is 0 Å². The van der Waals surface area contributed by atoms with E-state index in [0.29, 0.717) is 16.4 Å². The van der Waals surface area contributed by atoms with Gasteiger partial charge < -0.3 is 10.2 Å². The summed E-state index contributed by atoms with van der Waals surface area (Å²) in [6.45, 7) is 0.807. The fourth-order valence-electron chi connectivity index (χ4n) is 2.27. The van der Waals surface area contributed by atoms with Gasteiger partial charge in [-0.05, 0) is 39.4 Å². The summed E-state index contributed by atoms with van der Waals surface area (Å²) in [6, 6.07) is 3.68. The minimum absolute atomic E-state index is 0.202. The van der Waals surface area contributed by atoms with Crippen LogP contribution in [0, 0.1) is 11.3 Å². The van der Waals surface area contributed by atoms with Gasteiger partial charge in [-0.3, -0.25) is 0 Å². The maximum Gasteiger partial charge on any atom is 0.146 e. The van der Waals surface area contributed by atoms with Gasteiger partial charge in [0.25, 0.3) is 0 Å². The van der Waals surface area contributed by atoms with Crippen molar-refractivity contribution < 1.29 is 0 Å². The maximum atomic E-state index is 8.92. The molecule has 0 aliphatic heterocycles. The fraction of sp³-hybridized carbons (Fsp3) is 0.538. The van der Waals surface area contributed by atoms with Gasteiger partial charge in [-0.25, -0.2) is 4.98 Å². The number of nitriles is 1. The third-order valence-electron chi connectivity index (χ3n) is 3.83. The van der Waals surface area contributed by atoms with Crippen molar-refractivity contribution in [3.05, 3.63) is 22.8 Å². The summed E-state index contributed by atoms with van der Waals surface area (Å²) in [4.78, 5) is 6.45. The van der Waals surface area contributed by atoms with E-state index in [4.69, 9.17) is 16.9 Å². The first-order valence-electron chi connectivity index (χ1n) is 6.05. The highest BCUT2D eigenvalue weighted by Crippen LogP contribution is 2.36. The zero-order chi connectivity index (χ0) is 13.2. The molecule has 1 fully saturated rings. The van der Waals surface area contributed by atoms with Crippen LogP contribution in [-0.2, 0) is 0 Å². The lowest BCUT2D eigenvalue weighted by atomic mass is 9.75. The van der Waals surface area contributed by atoms with Crippen molar-refractivity contribution in [2.45, 2.75) is 24.8 Å². The van der Waals surface area contributed by atoms with Gasteiger partial charge in [0.15, 0.2) is 0 Å². The summed E-state index contributed by atoms with van der Waals surface area (Å²) in [5.41, 5.74) is 0.662. The van der Waals surface area contributed by atoms with Gasteiger partial charge in [0, 0.05) is 18.3 Å². The molecule has 1 saturated carbocycles. The molecule has 4 nitrogen and oxygen atoms in total. The number of anilines is 1. The third-order valence-corrected chi connectivity index (χ3v) is 4.21. The molecule has 1 heterocycles. The van der Waals surface area contributed by atoms with Gasteiger partial charge >= 0.3 is 0 Å². The van der Waals surface area contributed by atoms with E-state index in [1.54, 1.807) is 12.3 Å². The van der Waals surface area contributed by atoms with Crippen molar-refractivity contribution in [1.82, 2.24) is 9.88 Å². The molecule has 5 heteroatoms. The lowest BCUT2D eigenvalue weighted by Gasteiger charge is -2.47. The van der Waals surface area contributed by atoms with Crippen molar-refractivity contribution in [2.24, 2.45) is 0 Å². The molecule has 0 aromatic carbocycles. The number of nitrogens with zero attached hydrogens (tertiary/aromatic N) is 3. The van der Waals surface area contributed by atoms with Gasteiger partial charge in [-0.15, -0.1) is 0 Å². The van der Waals surface area contributed by atoms with Crippen molar-refractivity contribution in [2.75, 3.05) is 26.0 Å². The van der Waals surface area contributed by atoms with Crippen LogP contribution >= 0.6 is 11.6 Å². The molecule has 1 aromatic heterocycles. The number of hydrogen-bond donors (Lipinski definition) is 1. The predicted molar refractivity (Wildman–Crippen MR) is 72.7 cm³/mol. The van der Waals surface area contributed by atoms with E-state index in [2.05, 4.69) is 35.4 Å². The molecule has 96 valence electrons. The van der Waals surface area contributed by atoms with Gasteiger partial charge in [-0.1, -0.05) is 11.6 Å². The zero-order valence-electron chi connectivity index (χ0n) is 10.7. The van der Waals surface area contributed by atoms with Gasteiger partial charge in [0.1, 0.15) is 16.9 Å². The summed E-state index contributed by atoms with van der Waals surface area (Å²) in [6.07, 6.45) is 5.24. The summed E-state index contributed by atoms with van der Waals surface area (Å²) >= 11 is 6.12. The second-order valence-corrected chi connectivity index (χ2v) is 5.34. The quantitative estimate of drug-likeness (QED) is 0.908. The molecule has 0 amide bonds. The van der Waals surface area contributed by atoms with Crippen LogP contribution in [0.3, 0.4) is 0 Å². The summed E-state index contributed by atoms with van der Waals surface area (Å²) in [5.74, 6) is 0.601. The number of aromatic nitrogens is 1. The van der Waals surface area contributed by atoms with E-state index in [1.807, 2.05) is 0 Å². The summed E-state index contributed by atoms with van der Waals surface area (Å²) in [5, 5.41) is 12.6. The first kappa shape index (κ1) is 13.1. The van der Waals surface area contributed by atoms with E-state index in [0.717, 1.165) is 6.54 Å². The second kappa shape index (κ2) is 5.13. The molecule has 1 N–H and O–H groups in total. The minimum Gasteiger partial charge on any atom is -0.367 e. The monoisotopic (exact) mass is 264 g/mol. The highest BCUT2D eigenvalue weighted by molar-refractivity contribution is 6.34. The molecule has 0 saturated heterocycles. The number of pyridine rings is 1. The Kier molecular flexibility index (Phi) is 3.74. The molecule has 0 radical (unpaired) electrons. The number of halogens is 1. The number of nitrogens with one attached hydrogen (secondary N) is 1. The van der Waals surface area contributed by atoms with Crippen LogP contribution in [0.2, 0.25) is 5.02 Å². The third kappa shape index (κ3) is 2.29. The molecular formula is C13H17ClN4. The van der Waals surface area contributed by atoms with Crippen LogP contribution in [0.15, 0.2) is 12.3 Å². The van der Waals surface area contributed by atoms with Gasteiger partial charge in [0.2, 0.25) is 0 Å². The first-order valence-corrected chi connectivity index (χ1v) is 6.43. The van der Waals surface area contributed by atoms with Crippen LogP contribution in [0.5, 0.6) is 0 Å². The molecule has 2 rings (SSSR count). The maximum absolute atomic E-state index is 8.92. The first-order chi connectivity index (χ1) is 8.59. The molecule has 0 bridgehead atoms. The normalized spacial score (nSPS) is 17.1. The van der Waals surface area contributed by atoms with Crippen molar-refractivity contribution >= 4 is 17.4 Å². The zero-order valence-corrected chi connectivity index (χ0v) is 11.5. The highest BCUT2D eigenvalue weighted by Gasteiger charge is 2.38. The molecule has 1 aromatic rings. The Bertz CT molecular complexity index is 474. The number of rotatable bonds is 4. The highest BCUT2D eigenvalue weighted by atomic mass is 35.5. The van der Waals surface area contributed by atoms with E-state index < -0.39 is 0 Å². The van der Waals surface area contributed by atoms with Crippen molar-refractivity contribution in [3.63, 3.8) is 0 Å². The smallest absolute Gasteiger partial charge is 0.146 e. The lowest BCUT2D eigenvalue weighted by Crippen LogP contribution is -2.54. The van der Waals surface area contributed by atoms with E-state index in [1.165, 1.54) is 19.3 Å². The molecule has 1 aliphatic rings. The second-order valence-electron chi connectivity index (χ2n) is 4.96. The molecule has 1 aliphatic carbocycles. The van der Waals surface area contributed by atoms with Crippen LogP contribution in [-0.4, -0.2) is 36.1 Å². The Hall–Kier alpha value is -1.31. The van der Waals surface area contributed by atoms with Crippen LogP contribution in [0.1, 0.15) is 24.8 Å². The SMILES string of the molecule is CN(C)C1(CNc2nccc(C#N)c2Cl)CCC1. The van der Waals surface area contributed by atoms with Crippen LogP contribution < -0.4 is 5.32 Å². The Labute approximate surface area is 113 Å². The Morgan fingerprint density at radius 1 is 1.56 bits per heavy atom. The molecule has 0 atom stereocenters. The molecule has 0 unspecified atom stereocenters. The van der Waals surface area contributed by atoms with Gasteiger partial charge in [-0.2, -0.15) is 5.26 Å². The predicted octanol–water partition coefficient (Wildman–Crippen LogP) is 2.50. The Balaban J connectivity index is 2.09. The van der Waals surface area contributed by atoms with E-state index >= 15 is 0 Å². The lowest BCUT2D eigenvalue weighted by molar-refractivity contribution is 0.0738. The number of hydrogen-bond acceptors (Lipinski definition) is 4. The van der Waals surface area contributed by atoms with Crippen LogP contribution in [0.4, 0.5) is 5.82 Å². The van der Waals surface area contributed by atoms with Gasteiger partial charge in [0.05, 0.1) is 5.56 Å². The molecule has 0 spiro atoms. The topological polar surface area (TPSA) is 52.0 Å². The Morgan fingerprint density at radius 2 is 2.28 bits per heavy atom. The largest absolute Gasteiger partial charge is 0.367 e. The average molecular weight is 265 g/mol. The molecule has 18 heavy (non-hydrogen) atoms.